The second-order valence-corrected chi connectivity index (χ2v) is 10.0. The van der Waals surface area contributed by atoms with E-state index in [1.54, 1.807) is 22.8 Å². The van der Waals surface area contributed by atoms with E-state index in [-0.39, 0.29) is 40.0 Å². The average molecular weight is 536 g/mol. The first-order chi connectivity index (χ1) is 18.3. The lowest BCUT2D eigenvalue weighted by Gasteiger charge is -2.17. The lowest BCUT2D eigenvalue weighted by atomic mass is 10.0. The van der Waals surface area contributed by atoms with Gasteiger partial charge in [-0.25, -0.2) is 13.8 Å². The molecule has 38 heavy (non-hydrogen) atoms. The number of aromatic nitrogens is 7. The Balaban J connectivity index is 1.33. The average Bonchev–Trinajstić information content (AvgIpc) is 3.20. The van der Waals surface area contributed by atoms with Crippen LogP contribution in [0.15, 0.2) is 53.6 Å². The minimum absolute atomic E-state index is 0.0225. The Kier molecular flexibility index (Phi) is 4.90. The SMILES string of the molecule is Cc1ccc(-c2nc(C3C4CC4c4cc(-c5cc(Cl)ccc5-n5cnnn5)cc(=O)n43)[nH]c2F)c(F)c1F. The highest BCUT2D eigenvalue weighted by Crippen LogP contribution is 2.60. The molecule has 1 N–H and O–H groups in total. The van der Waals surface area contributed by atoms with Crippen LogP contribution >= 0.6 is 11.6 Å². The van der Waals surface area contributed by atoms with Gasteiger partial charge < -0.3 is 9.55 Å². The van der Waals surface area contributed by atoms with E-state index in [0.29, 0.717) is 21.8 Å². The second kappa shape index (κ2) is 8.12. The van der Waals surface area contributed by atoms with Gasteiger partial charge in [0.15, 0.2) is 11.6 Å². The van der Waals surface area contributed by atoms with Crippen molar-refractivity contribution in [2.75, 3.05) is 0 Å². The van der Waals surface area contributed by atoms with Crippen LogP contribution in [0, 0.1) is 30.4 Å². The summed E-state index contributed by atoms with van der Waals surface area (Å²) in [5, 5.41) is 11.8. The highest BCUT2D eigenvalue weighted by Gasteiger charge is 2.54. The topological polar surface area (TPSA) is 94.3 Å². The van der Waals surface area contributed by atoms with Gasteiger partial charge in [0.25, 0.3) is 5.56 Å². The number of rotatable bonds is 4. The van der Waals surface area contributed by atoms with Crippen LogP contribution in [-0.2, 0) is 0 Å². The second-order valence-electron chi connectivity index (χ2n) is 9.59. The molecule has 8 nitrogen and oxygen atoms in total. The zero-order chi connectivity index (χ0) is 26.3. The Morgan fingerprint density at radius 2 is 1.89 bits per heavy atom. The molecule has 0 bridgehead atoms. The maximum Gasteiger partial charge on any atom is 0.252 e. The van der Waals surface area contributed by atoms with Crippen LogP contribution in [0.5, 0.6) is 0 Å². The molecule has 0 radical (unpaired) electrons. The first kappa shape index (κ1) is 22.9. The highest BCUT2D eigenvalue weighted by atomic mass is 35.5. The van der Waals surface area contributed by atoms with Crippen LogP contribution in [0.4, 0.5) is 13.2 Å². The summed E-state index contributed by atoms with van der Waals surface area (Å²) in [6.45, 7) is 1.42. The molecule has 1 aliphatic carbocycles. The number of nitrogens with zero attached hydrogens (tertiary/aromatic N) is 6. The molecule has 7 rings (SSSR count). The lowest BCUT2D eigenvalue weighted by molar-refractivity contribution is 0.503. The predicted octanol–water partition coefficient (Wildman–Crippen LogP) is 4.97. The van der Waals surface area contributed by atoms with Crippen LogP contribution < -0.4 is 5.56 Å². The molecule has 0 amide bonds. The summed E-state index contributed by atoms with van der Waals surface area (Å²) in [4.78, 5) is 20.4. The van der Waals surface area contributed by atoms with E-state index in [0.717, 1.165) is 12.1 Å². The predicted molar refractivity (Wildman–Crippen MR) is 131 cm³/mol. The normalized spacial score (nSPS) is 19.4. The molecule has 1 aliphatic heterocycles. The Hall–Kier alpha value is -4.25. The molecule has 3 atom stereocenters. The van der Waals surface area contributed by atoms with Crippen molar-refractivity contribution in [2.24, 2.45) is 5.92 Å². The van der Waals surface area contributed by atoms with Gasteiger partial charge in [0.2, 0.25) is 5.95 Å². The number of imidazole rings is 1. The summed E-state index contributed by atoms with van der Waals surface area (Å²) in [5.74, 6) is -2.81. The maximum absolute atomic E-state index is 15.0. The zero-order valence-corrected chi connectivity index (χ0v) is 20.4. The van der Waals surface area contributed by atoms with Gasteiger partial charge in [0, 0.05) is 33.8 Å². The Morgan fingerprint density at radius 1 is 1.05 bits per heavy atom. The molecule has 1 saturated carbocycles. The number of hydrogen-bond acceptors (Lipinski definition) is 5. The summed E-state index contributed by atoms with van der Waals surface area (Å²) >= 11 is 6.28. The third-order valence-electron chi connectivity index (χ3n) is 7.36. The molecule has 0 saturated heterocycles. The third kappa shape index (κ3) is 3.34. The largest absolute Gasteiger partial charge is 0.317 e. The van der Waals surface area contributed by atoms with E-state index >= 15 is 0 Å². The summed E-state index contributed by atoms with van der Waals surface area (Å²) in [6, 6.07) is 10.7. The number of nitrogens with one attached hydrogen (secondary N) is 1. The van der Waals surface area contributed by atoms with Crippen LogP contribution in [0.2, 0.25) is 5.02 Å². The number of aryl methyl sites for hydroxylation is 1. The fourth-order valence-electron chi connectivity index (χ4n) is 5.49. The summed E-state index contributed by atoms with van der Waals surface area (Å²) < 4.78 is 46.8. The first-order valence-electron chi connectivity index (χ1n) is 11.8. The van der Waals surface area contributed by atoms with Crippen LogP contribution in [0.1, 0.15) is 35.5 Å². The molecule has 190 valence electrons. The van der Waals surface area contributed by atoms with E-state index in [1.807, 2.05) is 6.07 Å². The minimum Gasteiger partial charge on any atom is -0.317 e. The molecule has 12 heteroatoms. The van der Waals surface area contributed by atoms with Gasteiger partial charge in [-0.05, 0) is 71.1 Å². The van der Waals surface area contributed by atoms with E-state index in [2.05, 4.69) is 25.5 Å². The van der Waals surface area contributed by atoms with Crippen molar-refractivity contribution < 1.29 is 13.2 Å². The van der Waals surface area contributed by atoms with Gasteiger partial charge >= 0.3 is 0 Å². The first-order valence-corrected chi connectivity index (χ1v) is 12.2. The number of hydrogen-bond donors (Lipinski definition) is 1. The Labute approximate surface area is 217 Å². The van der Waals surface area contributed by atoms with Crippen molar-refractivity contribution >= 4 is 11.6 Å². The quantitative estimate of drug-likeness (QED) is 0.351. The fraction of sp³-hybridized carbons (Fsp3) is 0.192. The number of tetrazole rings is 1. The van der Waals surface area contributed by atoms with E-state index in [9.17, 15) is 18.0 Å². The fourth-order valence-corrected chi connectivity index (χ4v) is 5.66. The summed E-state index contributed by atoms with van der Waals surface area (Å²) in [5.41, 5.74) is 1.96. The van der Waals surface area contributed by atoms with Crippen molar-refractivity contribution in [3.05, 3.63) is 98.8 Å². The summed E-state index contributed by atoms with van der Waals surface area (Å²) in [6.07, 6.45) is 2.24. The van der Waals surface area contributed by atoms with Crippen LogP contribution in [0.25, 0.3) is 28.1 Å². The van der Waals surface area contributed by atoms with E-state index in [1.165, 1.54) is 36.1 Å². The van der Waals surface area contributed by atoms with Gasteiger partial charge in [-0.2, -0.15) is 9.07 Å². The van der Waals surface area contributed by atoms with E-state index in [4.69, 9.17) is 11.6 Å². The number of halogens is 4. The Bertz CT molecular complexity index is 1810. The number of benzene rings is 2. The van der Waals surface area contributed by atoms with Crippen molar-refractivity contribution in [2.45, 2.75) is 25.3 Å². The molecular formula is C26H17ClF3N7O. The molecule has 4 heterocycles. The molecule has 1 fully saturated rings. The Morgan fingerprint density at radius 3 is 2.68 bits per heavy atom. The van der Waals surface area contributed by atoms with Crippen molar-refractivity contribution in [1.29, 1.82) is 0 Å². The number of pyridine rings is 1. The molecule has 2 aliphatic rings. The van der Waals surface area contributed by atoms with Crippen molar-refractivity contribution in [3.8, 4) is 28.1 Å². The van der Waals surface area contributed by atoms with Gasteiger partial charge in [0.05, 0.1) is 11.7 Å². The molecule has 3 unspecified atom stereocenters. The molecule has 5 aromatic rings. The summed E-state index contributed by atoms with van der Waals surface area (Å²) in [7, 11) is 0. The molecule has 3 aromatic heterocycles. The molecular weight excluding hydrogens is 519 g/mol. The van der Waals surface area contributed by atoms with Gasteiger partial charge in [-0.3, -0.25) is 4.79 Å². The molecule has 0 spiro atoms. The molecule has 2 aromatic carbocycles. The third-order valence-corrected chi connectivity index (χ3v) is 7.59. The minimum atomic E-state index is -1.17. The van der Waals surface area contributed by atoms with E-state index < -0.39 is 23.6 Å². The maximum atomic E-state index is 15.0. The van der Waals surface area contributed by atoms with Gasteiger partial charge in [-0.1, -0.05) is 17.7 Å². The monoisotopic (exact) mass is 535 g/mol. The lowest BCUT2D eigenvalue weighted by Crippen LogP contribution is -2.26. The standard InChI is InChI=1S/C26H17ClF3N7O/c1-11-2-4-14(22(29)21(11)28)23-25(30)33-26(32-23)24-17-9-16(17)19-6-12(7-20(38)37(19)24)15-8-13(27)3-5-18(15)36-10-31-34-35-36/h2-8,10,16-17,24H,9H2,1H3,(H,32,33). The van der Waals surface area contributed by atoms with Crippen LogP contribution in [-0.4, -0.2) is 34.7 Å². The number of H-pyrrole nitrogens is 1. The zero-order valence-electron chi connectivity index (χ0n) is 19.7. The highest BCUT2D eigenvalue weighted by molar-refractivity contribution is 6.31. The number of fused-ring (bicyclic) bond motifs is 3. The van der Waals surface area contributed by atoms with Crippen molar-refractivity contribution in [1.82, 2.24) is 34.7 Å². The smallest absolute Gasteiger partial charge is 0.252 e. The van der Waals surface area contributed by atoms with Crippen LogP contribution in [0.3, 0.4) is 0 Å². The van der Waals surface area contributed by atoms with Gasteiger partial charge in [0.1, 0.15) is 17.8 Å². The van der Waals surface area contributed by atoms with Gasteiger partial charge in [-0.15, -0.1) is 5.10 Å². The number of aromatic amines is 1. The van der Waals surface area contributed by atoms with Crippen molar-refractivity contribution in [3.63, 3.8) is 0 Å².